The highest BCUT2D eigenvalue weighted by molar-refractivity contribution is 5.41. The quantitative estimate of drug-likeness (QED) is 0.497. The van der Waals surface area contributed by atoms with Gasteiger partial charge in [-0.3, -0.25) is 4.84 Å². The van der Waals surface area contributed by atoms with E-state index in [1.165, 1.54) is 0 Å². The first-order valence-corrected chi connectivity index (χ1v) is 11.9. The zero-order valence-electron chi connectivity index (χ0n) is 20.1. The van der Waals surface area contributed by atoms with Crippen molar-refractivity contribution in [2.75, 3.05) is 59.6 Å². The third kappa shape index (κ3) is 8.23. The highest BCUT2D eigenvalue weighted by Crippen LogP contribution is 2.28. The highest BCUT2D eigenvalue weighted by Gasteiger charge is 2.08. The van der Waals surface area contributed by atoms with Gasteiger partial charge < -0.3 is 33.2 Å². The second kappa shape index (κ2) is 14.7. The summed E-state index contributed by atoms with van der Waals surface area (Å²) in [6, 6.07) is 22.4. The molecule has 3 aromatic rings. The first kappa shape index (κ1) is 25.4. The normalized spacial score (nSPS) is 16.3. The molecule has 9 nitrogen and oxygen atoms in total. The molecular weight excluding hydrogens is 466 g/mol. The van der Waals surface area contributed by atoms with Crippen LogP contribution >= 0.6 is 0 Å². The summed E-state index contributed by atoms with van der Waals surface area (Å²) in [5.74, 6) is 3.77. The molecule has 0 bridgehead atoms. The molecule has 0 atom stereocenters. The average Bonchev–Trinajstić information content (AvgIpc) is 2.91. The van der Waals surface area contributed by atoms with E-state index >= 15 is 0 Å². The molecular formula is C27H31NO8. The van der Waals surface area contributed by atoms with E-state index in [4.69, 9.17) is 38.0 Å². The van der Waals surface area contributed by atoms with Crippen molar-refractivity contribution in [3.05, 3.63) is 72.8 Å². The van der Waals surface area contributed by atoms with Crippen LogP contribution in [-0.4, -0.2) is 59.6 Å². The van der Waals surface area contributed by atoms with Crippen LogP contribution in [0.4, 0.5) is 0 Å². The third-order valence-corrected chi connectivity index (χ3v) is 4.95. The first-order valence-electron chi connectivity index (χ1n) is 11.9. The Morgan fingerprint density at radius 1 is 0.389 bits per heavy atom. The van der Waals surface area contributed by atoms with E-state index in [9.17, 15) is 0 Å². The molecule has 0 saturated carbocycles. The molecule has 0 aromatic heterocycles. The number of hydroxylamine groups is 1. The van der Waals surface area contributed by atoms with Gasteiger partial charge in [-0.05, 0) is 36.4 Å². The SMILES string of the molecule is c1ccc2c(c1)OCCOCCOc1ccccc1OCNOCCOc1ccccc1OCCO2. The Balaban J connectivity index is 1.36. The minimum atomic E-state index is 0.148. The van der Waals surface area contributed by atoms with E-state index in [1.54, 1.807) is 0 Å². The summed E-state index contributed by atoms with van der Waals surface area (Å²) in [6.07, 6.45) is 0. The van der Waals surface area contributed by atoms with Gasteiger partial charge in [0.2, 0.25) is 0 Å². The number of nitrogens with one attached hydrogen (secondary N) is 1. The minimum Gasteiger partial charge on any atom is -0.487 e. The Hall–Kier alpha value is -3.66. The van der Waals surface area contributed by atoms with Crippen molar-refractivity contribution < 1.29 is 38.0 Å². The fourth-order valence-corrected chi connectivity index (χ4v) is 3.31. The van der Waals surface area contributed by atoms with E-state index in [0.29, 0.717) is 87.4 Å². The summed E-state index contributed by atoms with van der Waals surface area (Å²) in [5, 5.41) is 0. The highest BCUT2D eigenvalue weighted by atomic mass is 16.7. The van der Waals surface area contributed by atoms with Crippen molar-refractivity contribution in [2.45, 2.75) is 0 Å². The number of benzene rings is 3. The van der Waals surface area contributed by atoms with Crippen LogP contribution in [0, 0.1) is 0 Å². The lowest BCUT2D eigenvalue weighted by Gasteiger charge is -2.16. The predicted molar refractivity (Wildman–Crippen MR) is 132 cm³/mol. The van der Waals surface area contributed by atoms with Crippen LogP contribution in [0.1, 0.15) is 0 Å². The van der Waals surface area contributed by atoms with E-state index in [2.05, 4.69) is 5.48 Å². The van der Waals surface area contributed by atoms with Gasteiger partial charge >= 0.3 is 0 Å². The molecule has 1 N–H and O–H groups in total. The van der Waals surface area contributed by atoms with Gasteiger partial charge in [0.05, 0.1) is 13.2 Å². The summed E-state index contributed by atoms with van der Waals surface area (Å²) in [5.41, 5.74) is 2.76. The van der Waals surface area contributed by atoms with Crippen molar-refractivity contribution in [1.82, 2.24) is 5.48 Å². The molecule has 0 unspecified atom stereocenters. The Morgan fingerprint density at radius 3 is 1.14 bits per heavy atom. The number of fused-ring (bicyclic) bond motifs is 3. The number of ether oxygens (including phenoxy) is 7. The maximum Gasteiger partial charge on any atom is 0.163 e. The van der Waals surface area contributed by atoms with Crippen molar-refractivity contribution in [3.63, 3.8) is 0 Å². The summed E-state index contributed by atoms with van der Waals surface area (Å²) in [7, 11) is 0. The molecule has 0 aliphatic carbocycles. The number of para-hydroxylation sites is 6. The molecule has 0 fully saturated rings. The topological polar surface area (TPSA) is 85.9 Å². The molecule has 0 saturated heterocycles. The Labute approximate surface area is 210 Å². The van der Waals surface area contributed by atoms with Crippen LogP contribution in [0.2, 0.25) is 0 Å². The molecule has 1 aliphatic rings. The standard InChI is InChI=1S/C27H31NO8/c1-2-8-23-22(7-1)30-15-13-29-14-16-31-26-11-5-6-12-27(26)35-21-28-36-20-19-34-25-10-4-3-9-24(25)33-18-17-32-23/h1-12,28H,13-21H2. The van der Waals surface area contributed by atoms with Crippen LogP contribution in [0.5, 0.6) is 34.5 Å². The van der Waals surface area contributed by atoms with Gasteiger partial charge in [-0.1, -0.05) is 36.4 Å². The Bertz CT molecular complexity index is 965. The van der Waals surface area contributed by atoms with Crippen molar-refractivity contribution in [2.24, 2.45) is 0 Å². The molecule has 192 valence electrons. The Kier molecular flexibility index (Phi) is 10.4. The Morgan fingerprint density at radius 2 is 0.722 bits per heavy atom. The maximum absolute atomic E-state index is 5.88. The zero-order chi connectivity index (χ0) is 24.7. The van der Waals surface area contributed by atoms with E-state index in [0.717, 1.165) is 0 Å². The lowest BCUT2D eigenvalue weighted by Crippen LogP contribution is -2.23. The maximum atomic E-state index is 5.88. The molecule has 4 rings (SSSR count). The molecule has 3 aromatic carbocycles. The molecule has 1 aliphatic heterocycles. The monoisotopic (exact) mass is 497 g/mol. The number of rotatable bonds is 0. The van der Waals surface area contributed by atoms with Gasteiger partial charge in [0.25, 0.3) is 0 Å². The molecule has 0 radical (unpaired) electrons. The van der Waals surface area contributed by atoms with Gasteiger partial charge in [0, 0.05) is 0 Å². The molecule has 0 amide bonds. The van der Waals surface area contributed by atoms with Gasteiger partial charge in [0.1, 0.15) is 39.6 Å². The van der Waals surface area contributed by atoms with Crippen LogP contribution in [0.3, 0.4) is 0 Å². The predicted octanol–water partition coefficient (Wildman–Crippen LogP) is 3.87. The smallest absolute Gasteiger partial charge is 0.163 e. The van der Waals surface area contributed by atoms with Crippen LogP contribution in [0.15, 0.2) is 72.8 Å². The zero-order valence-corrected chi connectivity index (χ0v) is 20.1. The van der Waals surface area contributed by atoms with Crippen molar-refractivity contribution in [3.8, 4) is 34.5 Å². The fourth-order valence-electron chi connectivity index (χ4n) is 3.31. The lowest BCUT2D eigenvalue weighted by molar-refractivity contribution is -0.0113. The van der Waals surface area contributed by atoms with Crippen LogP contribution < -0.4 is 33.9 Å². The summed E-state index contributed by atoms with van der Waals surface area (Å²) >= 11 is 0. The van der Waals surface area contributed by atoms with E-state index < -0.39 is 0 Å². The van der Waals surface area contributed by atoms with Crippen LogP contribution in [0.25, 0.3) is 0 Å². The van der Waals surface area contributed by atoms with Gasteiger partial charge in [-0.2, -0.15) is 5.48 Å². The molecule has 1 heterocycles. The molecule has 36 heavy (non-hydrogen) atoms. The minimum absolute atomic E-state index is 0.148. The fraction of sp³-hybridized carbons (Fsp3) is 0.333. The lowest BCUT2D eigenvalue weighted by atomic mass is 10.3. The average molecular weight is 498 g/mol. The largest absolute Gasteiger partial charge is 0.487 e. The van der Waals surface area contributed by atoms with Gasteiger partial charge in [-0.15, -0.1) is 0 Å². The summed E-state index contributed by atoms with van der Waals surface area (Å²) < 4.78 is 40.6. The van der Waals surface area contributed by atoms with Gasteiger partial charge in [0.15, 0.2) is 41.2 Å². The van der Waals surface area contributed by atoms with Gasteiger partial charge in [-0.25, -0.2) is 0 Å². The van der Waals surface area contributed by atoms with Crippen molar-refractivity contribution >= 4 is 0 Å². The number of hydrogen-bond donors (Lipinski definition) is 1. The molecule has 9 heteroatoms. The molecule has 0 spiro atoms. The van der Waals surface area contributed by atoms with E-state index in [-0.39, 0.29) is 6.73 Å². The second-order valence-electron chi connectivity index (χ2n) is 7.48. The number of hydrogen-bond acceptors (Lipinski definition) is 9. The van der Waals surface area contributed by atoms with Crippen LogP contribution in [-0.2, 0) is 9.57 Å². The first-order chi connectivity index (χ1) is 17.9. The summed E-state index contributed by atoms with van der Waals surface area (Å²) in [6.45, 7) is 3.06. The van der Waals surface area contributed by atoms with E-state index in [1.807, 2.05) is 72.8 Å². The third-order valence-electron chi connectivity index (χ3n) is 4.95. The summed E-state index contributed by atoms with van der Waals surface area (Å²) in [4.78, 5) is 5.40. The second-order valence-corrected chi connectivity index (χ2v) is 7.48. The van der Waals surface area contributed by atoms with Crippen molar-refractivity contribution in [1.29, 1.82) is 0 Å².